The van der Waals surface area contributed by atoms with Crippen LogP contribution >= 0.6 is 11.9 Å². The van der Waals surface area contributed by atoms with E-state index < -0.39 is 0 Å². The quantitative estimate of drug-likeness (QED) is 0.852. The summed E-state index contributed by atoms with van der Waals surface area (Å²) < 4.78 is 4.70. The summed E-state index contributed by atoms with van der Waals surface area (Å²) >= 11 is 1.83. The molecule has 1 aromatic carbocycles. The van der Waals surface area contributed by atoms with Gasteiger partial charge < -0.3 is 9.67 Å². The molecule has 0 bridgehead atoms. The first-order valence-electron chi connectivity index (χ1n) is 8.82. The molecular weight excluding hydrogens is 318 g/mol. The van der Waals surface area contributed by atoms with Crippen LogP contribution in [0.1, 0.15) is 30.9 Å². The van der Waals surface area contributed by atoms with E-state index in [-0.39, 0.29) is 17.6 Å². The summed E-state index contributed by atoms with van der Waals surface area (Å²) in [7, 11) is 0. The molecule has 1 aromatic heterocycles. The Balaban J connectivity index is 1.43. The van der Waals surface area contributed by atoms with Gasteiger partial charge in [-0.1, -0.05) is 36.2 Å². The van der Waals surface area contributed by atoms with E-state index in [9.17, 15) is 5.11 Å². The smallest absolute Gasteiger partial charge is 0.0956 e. The molecular formula is C19H23N3OS. The molecule has 5 heteroatoms. The molecule has 5 rings (SSSR count). The van der Waals surface area contributed by atoms with Crippen molar-refractivity contribution in [3.8, 4) is 11.3 Å². The number of aromatic nitrogens is 2. The van der Waals surface area contributed by atoms with Crippen molar-refractivity contribution in [2.75, 3.05) is 19.3 Å². The van der Waals surface area contributed by atoms with Gasteiger partial charge in [-0.25, -0.2) is 4.98 Å². The number of aliphatic hydroxyl groups is 1. The number of aliphatic hydroxyl groups excluding tert-OH is 1. The Kier molecular flexibility index (Phi) is 3.34. The predicted octanol–water partition coefficient (Wildman–Crippen LogP) is 3.19. The van der Waals surface area contributed by atoms with Crippen molar-refractivity contribution in [2.45, 2.75) is 31.4 Å². The minimum absolute atomic E-state index is 0.148. The van der Waals surface area contributed by atoms with Crippen LogP contribution in [0.5, 0.6) is 0 Å². The van der Waals surface area contributed by atoms with Crippen LogP contribution in [-0.4, -0.2) is 44.4 Å². The molecule has 3 aliphatic rings. The van der Waals surface area contributed by atoms with Gasteiger partial charge in [-0.05, 0) is 36.5 Å². The first-order chi connectivity index (χ1) is 11.7. The molecule has 3 unspecified atom stereocenters. The minimum Gasteiger partial charge on any atom is -0.392 e. The summed E-state index contributed by atoms with van der Waals surface area (Å²) in [5, 5.41) is 11.1. The average Bonchev–Trinajstić information content (AvgIpc) is 3.21. The SMILES string of the molecule is CSN1CCC2(CC1)CC(C1c3ccccc3-c3cncn31)C2O. The van der Waals surface area contributed by atoms with Gasteiger partial charge in [0, 0.05) is 24.6 Å². The summed E-state index contributed by atoms with van der Waals surface area (Å²) in [5.74, 6) is 0.308. The molecule has 4 nitrogen and oxygen atoms in total. The van der Waals surface area contributed by atoms with Gasteiger partial charge in [0.1, 0.15) is 0 Å². The zero-order chi connectivity index (χ0) is 16.3. The monoisotopic (exact) mass is 341 g/mol. The summed E-state index contributed by atoms with van der Waals surface area (Å²) in [6.45, 7) is 2.20. The first-order valence-corrected chi connectivity index (χ1v) is 10.00. The molecule has 3 heterocycles. The highest BCUT2D eigenvalue weighted by atomic mass is 32.2. The van der Waals surface area contributed by atoms with E-state index in [2.05, 4.69) is 44.4 Å². The highest BCUT2D eigenvalue weighted by Gasteiger charge is 2.57. The summed E-state index contributed by atoms with van der Waals surface area (Å²) in [4.78, 5) is 4.36. The molecule has 1 saturated carbocycles. The Bertz CT molecular complexity index is 765. The number of imidazole rings is 1. The van der Waals surface area contributed by atoms with Gasteiger partial charge in [0.2, 0.25) is 0 Å². The average molecular weight is 341 g/mol. The van der Waals surface area contributed by atoms with Gasteiger partial charge >= 0.3 is 0 Å². The van der Waals surface area contributed by atoms with Crippen LogP contribution < -0.4 is 0 Å². The maximum Gasteiger partial charge on any atom is 0.0956 e. The van der Waals surface area contributed by atoms with Crippen LogP contribution in [0.3, 0.4) is 0 Å². The van der Waals surface area contributed by atoms with E-state index >= 15 is 0 Å². The van der Waals surface area contributed by atoms with Crippen molar-refractivity contribution in [3.63, 3.8) is 0 Å². The second-order valence-corrected chi connectivity index (χ2v) is 8.39. The lowest BCUT2D eigenvalue weighted by molar-refractivity contribution is -0.152. The summed E-state index contributed by atoms with van der Waals surface area (Å²) in [5.41, 5.74) is 3.98. The molecule has 0 amide bonds. The van der Waals surface area contributed by atoms with Crippen molar-refractivity contribution >= 4 is 11.9 Å². The van der Waals surface area contributed by atoms with Crippen molar-refractivity contribution < 1.29 is 5.11 Å². The largest absolute Gasteiger partial charge is 0.392 e. The lowest BCUT2D eigenvalue weighted by atomic mass is 9.53. The van der Waals surface area contributed by atoms with Crippen molar-refractivity contribution in [1.29, 1.82) is 0 Å². The maximum absolute atomic E-state index is 11.1. The first kappa shape index (κ1) is 15.0. The number of nitrogens with zero attached hydrogens (tertiary/aromatic N) is 3. The number of hydrogen-bond acceptors (Lipinski definition) is 4. The standard InChI is InChI=1S/C19H23N3OS/c1-24-21-8-6-19(7-9-21)10-15(18(19)23)17-14-5-3-2-4-13(14)16-11-20-12-22(16)17/h2-5,11-12,15,17-18,23H,6-10H2,1H3. The van der Waals surface area contributed by atoms with E-state index in [4.69, 9.17) is 0 Å². The van der Waals surface area contributed by atoms with Crippen LogP contribution in [0, 0.1) is 11.3 Å². The third-order valence-corrected chi connectivity index (χ3v) is 7.46. The van der Waals surface area contributed by atoms with Gasteiger partial charge in [0.25, 0.3) is 0 Å². The van der Waals surface area contributed by atoms with Crippen molar-refractivity contribution in [1.82, 2.24) is 13.9 Å². The second kappa shape index (κ2) is 5.35. The Morgan fingerprint density at radius 3 is 2.79 bits per heavy atom. The highest BCUT2D eigenvalue weighted by Crippen LogP contribution is 2.59. The van der Waals surface area contributed by atoms with E-state index in [1.807, 2.05) is 24.5 Å². The molecule has 126 valence electrons. The number of fused-ring (bicyclic) bond motifs is 3. The fourth-order valence-electron chi connectivity index (χ4n) is 5.20. The number of piperidine rings is 1. The molecule has 0 radical (unpaired) electrons. The second-order valence-electron chi connectivity index (χ2n) is 7.51. The molecule has 2 fully saturated rings. The lowest BCUT2D eigenvalue weighted by Crippen LogP contribution is -2.58. The van der Waals surface area contributed by atoms with Crippen molar-refractivity contribution in [2.24, 2.45) is 11.3 Å². The van der Waals surface area contributed by atoms with E-state index in [1.165, 1.54) is 16.8 Å². The van der Waals surface area contributed by atoms with Gasteiger partial charge in [0.15, 0.2) is 0 Å². The Hall–Kier alpha value is -1.30. The van der Waals surface area contributed by atoms with Crippen LogP contribution in [-0.2, 0) is 0 Å². The predicted molar refractivity (Wildman–Crippen MR) is 96.7 cm³/mol. The van der Waals surface area contributed by atoms with Crippen LogP contribution in [0.4, 0.5) is 0 Å². The molecule has 1 aliphatic carbocycles. The Morgan fingerprint density at radius 2 is 2.04 bits per heavy atom. The molecule has 1 N–H and O–H groups in total. The lowest BCUT2D eigenvalue weighted by Gasteiger charge is -2.57. The van der Waals surface area contributed by atoms with Crippen LogP contribution in [0.2, 0.25) is 0 Å². The van der Waals surface area contributed by atoms with E-state index in [0.717, 1.165) is 32.4 Å². The van der Waals surface area contributed by atoms with Crippen LogP contribution in [0.25, 0.3) is 11.3 Å². The number of rotatable bonds is 2. The minimum atomic E-state index is -0.201. The van der Waals surface area contributed by atoms with Gasteiger partial charge in [0.05, 0.1) is 30.4 Å². The van der Waals surface area contributed by atoms with Gasteiger partial charge in [-0.3, -0.25) is 4.31 Å². The van der Waals surface area contributed by atoms with E-state index in [1.54, 1.807) is 0 Å². The third-order valence-electron chi connectivity index (χ3n) is 6.58. The fourth-order valence-corrected chi connectivity index (χ4v) is 5.75. The van der Waals surface area contributed by atoms with Crippen LogP contribution in [0.15, 0.2) is 36.8 Å². The van der Waals surface area contributed by atoms with Gasteiger partial charge in [-0.2, -0.15) is 0 Å². The fraction of sp³-hybridized carbons (Fsp3) is 0.526. The summed E-state index contributed by atoms with van der Waals surface area (Å²) in [6.07, 6.45) is 9.21. The Labute approximate surface area is 147 Å². The number of hydrogen-bond donors (Lipinski definition) is 1. The van der Waals surface area contributed by atoms with Crippen molar-refractivity contribution in [3.05, 3.63) is 42.4 Å². The highest BCUT2D eigenvalue weighted by molar-refractivity contribution is 7.96. The molecule has 2 aromatic rings. The zero-order valence-corrected chi connectivity index (χ0v) is 14.7. The van der Waals surface area contributed by atoms with E-state index in [0.29, 0.717) is 5.92 Å². The van der Waals surface area contributed by atoms with Gasteiger partial charge in [-0.15, -0.1) is 0 Å². The molecule has 24 heavy (non-hydrogen) atoms. The normalized spacial score (nSPS) is 30.8. The molecule has 1 spiro atoms. The maximum atomic E-state index is 11.1. The number of benzene rings is 1. The molecule has 2 aliphatic heterocycles. The topological polar surface area (TPSA) is 41.3 Å². The summed E-state index contributed by atoms with van der Waals surface area (Å²) in [6, 6.07) is 8.86. The molecule has 3 atom stereocenters. The zero-order valence-electron chi connectivity index (χ0n) is 13.9. The Morgan fingerprint density at radius 1 is 1.25 bits per heavy atom. The third kappa shape index (κ3) is 1.92. The molecule has 1 saturated heterocycles.